The number of hydrogen-bond acceptors (Lipinski definition) is 4. The zero-order valence-electron chi connectivity index (χ0n) is 9.45. The SMILES string of the molecule is CCCCCCCCN1SCC(=O)C1O. The fourth-order valence-corrected chi connectivity index (χ4v) is 2.65. The van der Waals surface area contributed by atoms with Crippen molar-refractivity contribution in [2.45, 2.75) is 51.7 Å². The summed E-state index contributed by atoms with van der Waals surface area (Å²) in [6, 6.07) is 0. The number of nitrogens with zero attached hydrogens (tertiary/aromatic N) is 1. The highest BCUT2D eigenvalue weighted by molar-refractivity contribution is 7.98. The molecule has 88 valence electrons. The van der Waals surface area contributed by atoms with Crippen LogP contribution in [0, 0.1) is 0 Å². The molecule has 1 rings (SSSR count). The van der Waals surface area contributed by atoms with Gasteiger partial charge in [-0.3, -0.25) is 4.79 Å². The van der Waals surface area contributed by atoms with Crippen molar-refractivity contribution in [1.29, 1.82) is 0 Å². The third-order valence-corrected chi connectivity index (χ3v) is 3.79. The van der Waals surface area contributed by atoms with E-state index >= 15 is 0 Å². The monoisotopic (exact) mass is 231 g/mol. The Balaban J connectivity index is 1.98. The molecule has 0 aromatic heterocycles. The average molecular weight is 231 g/mol. The highest BCUT2D eigenvalue weighted by Gasteiger charge is 2.30. The summed E-state index contributed by atoms with van der Waals surface area (Å²) in [5.74, 6) is 0.391. The van der Waals surface area contributed by atoms with Crippen LogP contribution in [0.25, 0.3) is 0 Å². The van der Waals surface area contributed by atoms with E-state index in [9.17, 15) is 9.90 Å². The Morgan fingerprint density at radius 3 is 2.60 bits per heavy atom. The molecule has 0 aliphatic carbocycles. The minimum Gasteiger partial charge on any atom is -0.370 e. The third kappa shape index (κ3) is 4.53. The number of hydrogen-bond donors (Lipinski definition) is 1. The molecule has 0 bridgehead atoms. The molecule has 1 heterocycles. The molecule has 1 fully saturated rings. The maximum atomic E-state index is 11.0. The van der Waals surface area contributed by atoms with Gasteiger partial charge in [-0.1, -0.05) is 51.0 Å². The number of carbonyl (C=O) groups is 1. The molecule has 0 radical (unpaired) electrons. The largest absolute Gasteiger partial charge is 0.370 e. The van der Waals surface area contributed by atoms with Gasteiger partial charge in [0.25, 0.3) is 0 Å². The van der Waals surface area contributed by atoms with Crippen molar-refractivity contribution in [3.05, 3.63) is 0 Å². The summed E-state index contributed by atoms with van der Waals surface area (Å²) in [6.45, 7) is 3.05. The highest BCUT2D eigenvalue weighted by Crippen LogP contribution is 2.23. The van der Waals surface area contributed by atoms with Crippen molar-refractivity contribution < 1.29 is 9.90 Å². The van der Waals surface area contributed by atoms with Gasteiger partial charge < -0.3 is 5.11 Å². The van der Waals surface area contributed by atoms with E-state index in [1.54, 1.807) is 0 Å². The van der Waals surface area contributed by atoms with Gasteiger partial charge >= 0.3 is 0 Å². The van der Waals surface area contributed by atoms with Gasteiger partial charge in [-0.15, -0.1) is 0 Å². The van der Waals surface area contributed by atoms with Crippen molar-refractivity contribution >= 4 is 17.7 Å². The van der Waals surface area contributed by atoms with Crippen LogP contribution in [-0.2, 0) is 4.79 Å². The Bertz CT molecular complexity index is 199. The predicted octanol–water partition coefficient (Wildman–Crippen LogP) is 2.20. The molecule has 1 aliphatic rings. The minimum atomic E-state index is -0.842. The normalized spacial score (nSPS) is 22.5. The zero-order valence-corrected chi connectivity index (χ0v) is 10.3. The van der Waals surface area contributed by atoms with E-state index in [1.165, 1.54) is 44.1 Å². The molecule has 1 N–H and O–H groups in total. The molecule has 3 nitrogen and oxygen atoms in total. The second-order valence-electron chi connectivity index (χ2n) is 4.02. The van der Waals surface area contributed by atoms with Gasteiger partial charge in [0.2, 0.25) is 0 Å². The van der Waals surface area contributed by atoms with Gasteiger partial charge in [0, 0.05) is 6.54 Å². The summed E-state index contributed by atoms with van der Waals surface area (Å²) >= 11 is 1.46. The molecule has 0 spiro atoms. The van der Waals surface area contributed by atoms with Crippen molar-refractivity contribution in [2.24, 2.45) is 0 Å². The van der Waals surface area contributed by atoms with Crippen LogP contribution in [0.2, 0.25) is 0 Å². The molecular formula is C11H21NO2S. The van der Waals surface area contributed by atoms with E-state index in [0.29, 0.717) is 5.75 Å². The van der Waals surface area contributed by atoms with E-state index in [0.717, 1.165) is 13.0 Å². The minimum absolute atomic E-state index is 0.0500. The maximum absolute atomic E-state index is 11.0. The highest BCUT2D eigenvalue weighted by atomic mass is 32.2. The number of aliphatic hydroxyl groups is 1. The summed E-state index contributed by atoms with van der Waals surface area (Å²) in [5, 5.41) is 9.45. The molecule has 15 heavy (non-hydrogen) atoms. The first kappa shape index (κ1) is 13.0. The summed E-state index contributed by atoms with van der Waals surface area (Å²) in [4.78, 5) is 11.0. The van der Waals surface area contributed by atoms with Crippen LogP contribution in [0.1, 0.15) is 45.4 Å². The molecule has 4 heteroatoms. The van der Waals surface area contributed by atoms with Crippen LogP contribution in [0.4, 0.5) is 0 Å². The Labute approximate surface area is 96.4 Å². The molecule has 0 saturated carbocycles. The first-order valence-electron chi connectivity index (χ1n) is 5.86. The van der Waals surface area contributed by atoms with Crippen LogP contribution >= 0.6 is 11.9 Å². The van der Waals surface area contributed by atoms with E-state index < -0.39 is 6.23 Å². The van der Waals surface area contributed by atoms with Crippen LogP contribution in [0.3, 0.4) is 0 Å². The van der Waals surface area contributed by atoms with Gasteiger partial charge in [-0.25, -0.2) is 4.31 Å². The fourth-order valence-electron chi connectivity index (χ4n) is 1.69. The Kier molecular flexibility index (Phi) is 6.29. The molecule has 0 amide bonds. The van der Waals surface area contributed by atoms with E-state index in [1.807, 2.05) is 4.31 Å². The first-order valence-corrected chi connectivity index (χ1v) is 6.80. The van der Waals surface area contributed by atoms with Gasteiger partial charge in [0.1, 0.15) is 0 Å². The van der Waals surface area contributed by atoms with Gasteiger partial charge in [-0.2, -0.15) is 0 Å². The Morgan fingerprint density at radius 2 is 2.00 bits per heavy atom. The molecule has 1 atom stereocenters. The predicted molar refractivity (Wildman–Crippen MR) is 63.6 cm³/mol. The Morgan fingerprint density at radius 1 is 1.33 bits per heavy atom. The summed E-state index contributed by atoms with van der Waals surface area (Å²) < 4.78 is 1.81. The third-order valence-electron chi connectivity index (χ3n) is 2.67. The van der Waals surface area contributed by atoms with Crippen LogP contribution in [0.15, 0.2) is 0 Å². The second kappa shape index (κ2) is 7.25. The summed E-state index contributed by atoms with van der Waals surface area (Å²) in [7, 11) is 0. The van der Waals surface area contributed by atoms with Crippen molar-refractivity contribution in [3.8, 4) is 0 Å². The van der Waals surface area contributed by atoms with Gasteiger partial charge in [0.05, 0.1) is 5.75 Å². The number of ketones is 1. The lowest BCUT2D eigenvalue weighted by Crippen LogP contribution is -2.30. The quantitative estimate of drug-likeness (QED) is 0.538. The van der Waals surface area contributed by atoms with Crippen molar-refractivity contribution in [2.75, 3.05) is 12.3 Å². The number of unbranched alkanes of at least 4 members (excludes halogenated alkanes) is 5. The van der Waals surface area contributed by atoms with Gasteiger partial charge in [0.15, 0.2) is 12.0 Å². The summed E-state index contributed by atoms with van der Waals surface area (Å²) in [5.41, 5.74) is 0. The molecular weight excluding hydrogens is 210 g/mol. The van der Waals surface area contributed by atoms with Gasteiger partial charge in [-0.05, 0) is 6.42 Å². The Hall–Kier alpha value is -0.0600. The number of carbonyl (C=O) groups excluding carboxylic acids is 1. The second-order valence-corrected chi connectivity index (χ2v) is 5.04. The average Bonchev–Trinajstić information content (AvgIpc) is 2.54. The molecule has 0 aromatic carbocycles. The molecule has 1 aliphatic heterocycles. The van der Waals surface area contributed by atoms with Crippen LogP contribution in [0.5, 0.6) is 0 Å². The number of aliphatic hydroxyl groups excluding tert-OH is 1. The van der Waals surface area contributed by atoms with Crippen LogP contribution in [-0.4, -0.2) is 33.7 Å². The van der Waals surface area contributed by atoms with Crippen LogP contribution < -0.4 is 0 Å². The molecule has 1 unspecified atom stereocenters. The van der Waals surface area contributed by atoms with Crippen molar-refractivity contribution in [3.63, 3.8) is 0 Å². The fraction of sp³-hybridized carbons (Fsp3) is 0.909. The smallest absolute Gasteiger partial charge is 0.188 e. The lowest BCUT2D eigenvalue weighted by molar-refractivity contribution is -0.127. The zero-order chi connectivity index (χ0) is 11.1. The summed E-state index contributed by atoms with van der Waals surface area (Å²) in [6.07, 6.45) is 6.63. The number of rotatable bonds is 7. The number of Topliss-reactive ketones (excluding diaryl/α,β-unsaturated/α-hetero) is 1. The first-order chi connectivity index (χ1) is 7.25. The van der Waals surface area contributed by atoms with E-state index in [-0.39, 0.29) is 5.78 Å². The topological polar surface area (TPSA) is 40.5 Å². The standard InChI is InChI=1S/C11H21NO2S/c1-2-3-4-5-6-7-8-12-11(14)10(13)9-15-12/h11,14H,2-9H2,1H3. The maximum Gasteiger partial charge on any atom is 0.188 e. The lowest BCUT2D eigenvalue weighted by Gasteiger charge is -2.16. The molecule has 0 aromatic rings. The van der Waals surface area contributed by atoms with E-state index in [4.69, 9.17) is 0 Å². The van der Waals surface area contributed by atoms with Crippen molar-refractivity contribution in [1.82, 2.24) is 4.31 Å². The lowest BCUT2D eigenvalue weighted by atomic mass is 10.1. The van der Waals surface area contributed by atoms with E-state index in [2.05, 4.69) is 6.92 Å². The molecule has 1 saturated heterocycles.